The van der Waals surface area contributed by atoms with Crippen molar-refractivity contribution in [2.45, 2.75) is 32.2 Å². The van der Waals surface area contributed by atoms with Gasteiger partial charge in [-0.05, 0) is 19.8 Å². The molecule has 106 valence electrons. The molecule has 0 spiro atoms. The lowest BCUT2D eigenvalue weighted by atomic mass is 10.1. The Balaban J connectivity index is 2.23. The molecule has 1 fully saturated rings. The first-order valence-corrected chi connectivity index (χ1v) is 8.07. The van der Waals surface area contributed by atoms with Crippen molar-refractivity contribution in [2.24, 2.45) is 0 Å². The van der Waals surface area contributed by atoms with Crippen LogP contribution in [-0.4, -0.2) is 35.3 Å². The minimum atomic E-state index is -3.67. The van der Waals surface area contributed by atoms with Crippen molar-refractivity contribution in [1.82, 2.24) is 14.3 Å². The Labute approximate surface area is 122 Å². The van der Waals surface area contributed by atoms with Gasteiger partial charge in [0.05, 0.1) is 0 Å². The molecule has 0 radical (unpaired) electrons. The maximum Gasteiger partial charge on any atom is 0.303 e. The molecule has 0 aliphatic carbocycles. The number of anilines is 1. The molecule has 9 heteroatoms. The summed E-state index contributed by atoms with van der Waals surface area (Å²) < 4.78 is 28.3. The Morgan fingerprint density at radius 2 is 2.11 bits per heavy atom. The van der Waals surface area contributed by atoms with Crippen molar-refractivity contribution in [2.75, 3.05) is 11.3 Å². The fourth-order valence-electron chi connectivity index (χ4n) is 2.03. The van der Waals surface area contributed by atoms with E-state index in [1.54, 1.807) is 0 Å². The first kappa shape index (κ1) is 14.8. The summed E-state index contributed by atoms with van der Waals surface area (Å²) in [7, 11) is -3.67. The second-order valence-electron chi connectivity index (χ2n) is 4.39. The number of nitrogens with zero attached hydrogens (tertiary/aromatic N) is 3. The fraction of sp³-hybridized carbons (Fsp3) is 0.600. The molecule has 1 aliphatic rings. The van der Waals surface area contributed by atoms with Gasteiger partial charge in [0.1, 0.15) is 11.3 Å². The molecule has 1 aliphatic heterocycles. The lowest BCUT2D eigenvalue weighted by Gasteiger charge is -2.32. The summed E-state index contributed by atoms with van der Waals surface area (Å²) in [5, 5.41) is 0.0125. The number of halogens is 2. The standard InChI is InChI=1S/C10H14Cl2N4O2S/c1-7-4-2-3-5-16(7)19(17,18)15-10-8(11)9(12)13-6-14-10/h6-7H,2-5H2,1H3,(H,13,14,15). The highest BCUT2D eigenvalue weighted by molar-refractivity contribution is 7.90. The van der Waals surface area contributed by atoms with Crippen LogP contribution in [0.4, 0.5) is 5.82 Å². The molecule has 0 saturated carbocycles. The molecule has 1 atom stereocenters. The summed E-state index contributed by atoms with van der Waals surface area (Å²) in [5.41, 5.74) is 0. The van der Waals surface area contributed by atoms with E-state index in [0.717, 1.165) is 25.6 Å². The van der Waals surface area contributed by atoms with Crippen LogP contribution in [-0.2, 0) is 10.2 Å². The zero-order valence-corrected chi connectivity index (χ0v) is 12.6. The van der Waals surface area contributed by atoms with Crippen molar-refractivity contribution < 1.29 is 8.42 Å². The Morgan fingerprint density at radius 1 is 1.37 bits per heavy atom. The Kier molecular flexibility index (Phi) is 4.50. The molecule has 0 aromatic carbocycles. The molecule has 6 nitrogen and oxygen atoms in total. The summed E-state index contributed by atoms with van der Waals surface area (Å²) in [6.07, 6.45) is 3.89. The Bertz CT molecular complexity index is 567. The summed E-state index contributed by atoms with van der Waals surface area (Å²) in [6.45, 7) is 2.37. The van der Waals surface area contributed by atoms with Gasteiger partial charge in [-0.25, -0.2) is 9.97 Å². The molecule has 0 bridgehead atoms. The lowest BCUT2D eigenvalue weighted by Crippen LogP contribution is -2.45. The number of hydrogen-bond acceptors (Lipinski definition) is 4. The third-order valence-electron chi connectivity index (χ3n) is 3.02. The normalized spacial score (nSPS) is 21.3. The van der Waals surface area contributed by atoms with Gasteiger partial charge < -0.3 is 0 Å². The number of hydrogen-bond donors (Lipinski definition) is 1. The van der Waals surface area contributed by atoms with E-state index in [0.29, 0.717) is 6.54 Å². The highest BCUT2D eigenvalue weighted by Crippen LogP contribution is 2.28. The fourth-order valence-corrected chi connectivity index (χ4v) is 3.83. The van der Waals surface area contributed by atoms with E-state index in [-0.39, 0.29) is 22.0 Å². The minimum Gasteiger partial charge on any atom is -0.253 e. The second-order valence-corrected chi connectivity index (χ2v) is 6.75. The van der Waals surface area contributed by atoms with Crippen LogP contribution in [0.1, 0.15) is 26.2 Å². The predicted octanol–water partition coefficient (Wildman–Crippen LogP) is 2.31. The molecule has 19 heavy (non-hydrogen) atoms. The largest absolute Gasteiger partial charge is 0.303 e. The molecule has 1 N–H and O–H groups in total. The number of aromatic nitrogens is 2. The van der Waals surface area contributed by atoms with E-state index in [1.165, 1.54) is 4.31 Å². The monoisotopic (exact) mass is 324 g/mol. The Hall–Kier alpha value is -0.630. The molecule has 1 aromatic heterocycles. The topological polar surface area (TPSA) is 75.2 Å². The maximum atomic E-state index is 12.3. The molecule has 1 unspecified atom stereocenters. The van der Waals surface area contributed by atoms with Crippen LogP contribution in [0.25, 0.3) is 0 Å². The molecule has 2 heterocycles. The smallest absolute Gasteiger partial charge is 0.253 e. The molecule has 1 aromatic rings. The van der Waals surface area contributed by atoms with Gasteiger partial charge in [-0.1, -0.05) is 29.6 Å². The SMILES string of the molecule is CC1CCCCN1S(=O)(=O)Nc1ncnc(Cl)c1Cl. The second kappa shape index (κ2) is 5.78. The third kappa shape index (κ3) is 3.28. The van der Waals surface area contributed by atoms with Crippen LogP contribution < -0.4 is 4.72 Å². The average Bonchev–Trinajstić information content (AvgIpc) is 2.35. The highest BCUT2D eigenvalue weighted by atomic mass is 35.5. The van der Waals surface area contributed by atoms with Crippen LogP contribution in [0.2, 0.25) is 10.2 Å². The average molecular weight is 325 g/mol. The van der Waals surface area contributed by atoms with Gasteiger partial charge in [-0.15, -0.1) is 0 Å². The van der Waals surface area contributed by atoms with E-state index in [1.807, 2.05) is 6.92 Å². The van der Waals surface area contributed by atoms with Crippen LogP contribution in [0.5, 0.6) is 0 Å². The predicted molar refractivity (Wildman–Crippen MR) is 74.6 cm³/mol. The van der Waals surface area contributed by atoms with Crippen molar-refractivity contribution in [3.63, 3.8) is 0 Å². The van der Waals surface area contributed by atoms with Crippen molar-refractivity contribution in [1.29, 1.82) is 0 Å². The number of nitrogens with one attached hydrogen (secondary N) is 1. The third-order valence-corrected chi connectivity index (χ3v) is 5.38. The molecule has 0 amide bonds. The van der Waals surface area contributed by atoms with Crippen molar-refractivity contribution in [3.05, 3.63) is 16.5 Å². The number of rotatable bonds is 3. The molecule has 1 saturated heterocycles. The van der Waals surface area contributed by atoms with Gasteiger partial charge >= 0.3 is 10.2 Å². The van der Waals surface area contributed by atoms with Crippen LogP contribution in [0.15, 0.2) is 6.33 Å². The first-order valence-electron chi connectivity index (χ1n) is 5.87. The maximum absolute atomic E-state index is 12.3. The van der Waals surface area contributed by atoms with Gasteiger partial charge in [-0.3, -0.25) is 4.72 Å². The van der Waals surface area contributed by atoms with Crippen LogP contribution in [0.3, 0.4) is 0 Å². The first-order chi connectivity index (χ1) is 8.92. The van der Waals surface area contributed by atoms with Crippen LogP contribution >= 0.6 is 23.2 Å². The van der Waals surface area contributed by atoms with Crippen molar-refractivity contribution in [3.8, 4) is 0 Å². The molecule has 2 rings (SSSR count). The lowest BCUT2D eigenvalue weighted by molar-refractivity contribution is 0.270. The zero-order valence-electron chi connectivity index (χ0n) is 10.3. The quantitative estimate of drug-likeness (QED) is 0.866. The molecular weight excluding hydrogens is 311 g/mol. The van der Waals surface area contributed by atoms with Gasteiger partial charge in [0.15, 0.2) is 11.0 Å². The van der Waals surface area contributed by atoms with E-state index in [9.17, 15) is 8.42 Å². The van der Waals surface area contributed by atoms with Gasteiger partial charge in [0.25, 0.3) is 0 Å². The summed E-state index contributed by atoms with van der Waals surface area (Å²) >= 11 is 11.6. The zero-order chi connectivity index (χ0) is 14.0. The van der Waals surface area contributed by atoms with E-state index in [2.05, 4.69) is 14.7 Å². The van der Waals surface area contributed by atoms with Crippen LogP contribution in [0, 0.1) is 0 Å². The molecular formula is C10H14Cl2N4O2S. The van der Waals surface area contributed by atoms with Crippen molar-refractivity contribution >= 4 is 39.2 Å². The van der Waals surface area contributed by atoms with Gasteiger partial charge in [0.2, 0.25) is 0 Å². The van der Waals surface area contributed by atoms with E-state index < -0.39 is 10.2 Å². The summed E-state index contributed by atoms with van der Waals surface area (Å²) in [4.78, 5) is 7.47. The number of piperidine rings is 1. The summed E-state index contributed by atoms with van der Waals surface area (Å²) in [5.74, 6) is -0.000518. The highest BCUT2D eigenvalue weighted by Gasteiger charge is 2.30. The van der Waals surface area contributed by atoms with Gasteiger partial charge in [0, 0.05) is 12.6 Å². The minimum absolute atomic E-state index is 0.000518. The van der Waals surface area contributed by atoms with Gasteiger partial charge in [-0.2, -0.15) is 12.7 Å². The van der Waals surface area contributed by atoms with E-state index in [4.69, 9.17) is 23.2 Å². The van der Waals surface area contributed by atoms with E-state index >= 15 is 0 Å². The summed E-state index contributed by atoms with van der Waals surface area (Å²) in [6, 6.07) is -0.0395. The Morgan fingerprint density at radius 3 is 2.79 bits per heavy atom.